The van der Waals surface area contributed by atoms with Crippen LogP contribution in [0.4, 0.5) is 0 Å². The fourth-order valence-corrected chi connectivity index (χ4v) is 4.33. The van der Waals surface area contributed by atoms with E-state index in [1.165, 1.54) is 48.4 Å². The van der Waals surface area contributed by atoms with E-state index >= 15 is 0 Å². The minimum absolute atomic E-state index is 0.891. The van der Waals surface area contributed by atoms with E-state index in [-0.39, 0.29) is 0 Å². The summed E-state index contributed by atoms with van der Waals surface area (Å²) in [6, 6.07) is 17.1. The van der Waals surface area contributed by atoms with Gasteiger partial charge in [-0.25, -0.2) is 9.97 Å². The highest BCUT2D eigenvalue weighted by atomic mass is 15.0. The summed E-state index contributed by atoms with van der Waals surface area (Å²) >= 11 is 0. The summed E-state index contributed by atoms with van der Waals surface area (Å²) in [4.78, 5) is 12.9. The van der Waals surface area contributed by atoms with Crippen LogP contribution in [0.2, 0.25) is 0 Å². The Morgan fingerprint density at radius 1 is 1.00 bits per heavy atom. The molecule has 4 aromatic rings. The van der Waals surface area contributed by atoms with E-state index in [4.69, 9.17) is 4.98 Å². The molecule has 3 heteroatoms. The molecule has 2 aromatic carbocycles. The van der Waals surface area contributed by atoms with Crippen molar-refractivity contribution in [2.45, 2.75) is 38.5 Å². The first-order valence-corrected chi connectivity index (χ1v) is 9.69. The van der Waals surface area contributed by atoms with Gasteiger partial charge in [-0.15, -0.1) is 0 Å². The van der Waals surface area contributed by atoms with Crippen molar-refractivity contribution in [1.29, 1.82) is 0 Å². The van der Waals surface area contributed by atoms with Crippen LogP contribution in [0.3, 0.4) is 0 Å². The van der Waals surface area contributed by atoms with Gasteiger partial charge in [0, 0.05) is 18.2 Å². The third-order valence-electron chi connectivity index (χ3n) is 5.75. The average molecular weight is 341 g/mol. The van der Waals surface area contributed by atoms with Crippen LogP contribution in [-0.2, 0) is 6.42 Å². The topological polar surface area (TPSA) is 41.6 Å². The molecule has 0 atom stereocenters. The van der Waals surface area contributed by atoms with Gasteiger partial charge in [0.15, 0.2) is 5.65 Å². The van der Waals surface area contributed by atoms with Crippen molar-refractivity contribution in [3.63, 3.8) is 0 Å². The Morgan fingerprint density at radius 2 is 1.85 bits per heavy atom. The second-order valence-electron chi connectivity index (χ2n) is 7.49. The van der Waals surface area contributed by atoms with Gasteiger partial charge in [0.05, 0.1) is 0 Å². The standard InChI is InChI=1S/C23H23N3/c1-2-7-16(6-1)12-13-22-25-21-14-18(15-24-23(21)26-22)20-11-5-9-17-8-3-4-10-19(17)20/h3-5,8-11,14-16H,1-2,6-7,12-13H2,(H,24,25,26). The average Bonchev–Trinajstić information content (AvgIpc) is 3.34. The van der Waals surface area contributed by atoms with Gasteiger partial charge >= 0.3 is 0 Å². The molecular weight excluding hydrogens is 318 g/mol. The minimum atomic E-state index is 0.891. The van der Waals surface area contributed by atoms with E-state index in [2.05, 4.69) is 58.5 Å². The highest BCUT2D eigenvalue weighted by Crippen LogP contribution is 2.30. The summed E-state index contributed by atoms with van der Waals surface area (Å²) in [6.07, 6.45) is 9.83. The molecule has 0 unspecified atom stereocenters. The molecule has 3 nitrogen and oxygen atoms in total. The van der Waals surface area contributed by atoms with Crippen LogP contribution in [0.25, 0.3) is 33.1 Å². The molecule has 1 fully saturated rings. The minimum Gasteiger partial charge on any atom is -0.327 e. The maximum absolute atomic E-state index is 4.82. The first-order valence-electron chi connectivity index (χ1n) is 9.69. The molecule has 1 saturated carbocycles. The van der Waals surface area contributed by atoms with Gasteiger partial charge in [0.2, 0.25) is 0 Å². The molecule has 0 aliphatic heterocycles. The predicted octanol–water partition coefficient (Wildman–Crippen LogP) is 5.90. The number of hydrogen-bond acceptors (Lipinski definition) is 2. The molecular formula is C23H23N3. The number of hydrogen-bond donors (Lipinski definition) is 1. The van der Waals surface area contributed by atoms with Gasteiger partial charge in [-0.05, 0) is 34.7 Å². The SMILES string of the molecule is c1ccc2c(-c3cnc4[nH]c(CCC5CCCC5)nc4c3)cccc2c1. The number of aromatic amines is 1. The van der Waals surface area contributed by atoms with E-state index in [0.717, 1.165) is 34.9 Å². The van der Waals surface area contributed by atoms with Crippen LogP contribution in [-0.4, -0.2) is 15.0 Å². The van der Waals surface area contributed by atoms with Crippen molar-refractivity contribution in [1.82, 2.24) is 15.0 Å². The van der Waals surface area contributed by atoms with E-state index in [0.29, 0.717) is 0 Å². The molecule has 0 saturated heterocycles. The van der Waals surface area contributed by atoms with E-state index in [9.17, 15) is 0 Å². The zero-order valence-electron chi connectivity index (χ0n) is 14.9. The zero-order valence-corrected chi connectivity index (χ0v) is 14.9. The Labute approximate surface area is 153 Å². The number of aromatic nitrogens is 3. The van der Waals surface area contributed by atoms with Gasteiger partial charge in [-0.3, -0.25) is 0 Å². The summed E-state index contributed by atoms with van der Waals surface area (Å²) in [5, 5.41) is 2.51. The molecule has 1 aliphatic rings. The summed E-state index contributed by atoms with van der Waals surface area (Å²) in [6.45, 7) is 0. The zero-order chi connectivity index (χ0) is 17.3. The van der Waals surface area contributed by atoms with Crippen LogP contribution in [0.15, 0.2) is 54.7 Å². The lowest BCUT2D eigenvalue weighted by atomic mass is 9.99. The number of imidazole rings is 1. The van der Waals surface area contributed by atoms with Crippen LogP contribution >= 0.6 is 0 Å². The molecule has 0 bridgehead atoms. The quantitative estimate of drug-likeness (QED) is 0.502. The van der Waals surface area contributed by atoms with Crippen molar-refractivity contribution < 1.29 is 0 Å². The summed E-state index contributed by atoms with van der Waals surface area (Å²) in [5.74, 6) is 1.97. The first kappa shape index (κ1) is 15.6. The van der Waals surface area contributed by atoms with Gasteiger partial charge < -0.3 is 4.98 Å². The number of benzene rings is 2. The van der Waals surface area contributed by atoms with E-state index in [1.54, 1.807) is 0 Å². The molecule has 26 heavy (non-hydrogen) atoms. The summed E-state index contributed by atoms with van der Waals surface area (Å²) in [5.41, 5.74) is 4.21. The van der Waals surface area contributed by atoms with Crippen LogP contribution in [0.1, 0.15) is 37.9 Å². The first-order chi connectivity index (χ1) is 12.9. The van der Waals surface area contributed by atoms with E-state index < -0.39 is 0 Å². The summed E-state index contributed by atoms with van der Waals surface area (Å²) < 4.78 is 0. The van der Waals surface area contributed by atoms with Gasteiger partial charge in [-0.2, -0.15) is 0 Å². The van der Waals surface area contributed by atoms with Crippen LogP contribution < -0.4 is 0 Å². The molecule has 130 valence electrons. The Balaban J connectivity index is 1.47. The molecule has 2 aromatic heterocycles. The maximum atomic E-state index is 4.82. The van der Waals surface area contributed by atoms with Crippen molar-refractivity contribution in [3.05, 3.63) is 60.6 Å². The van der Waals surface area contributed by atoms with Gasteiger partial charge in [0.1, 0.15) is 11.3 Å². The van der Waals surface area contributed by atoms with E-state index in [1.807, 2.05) is 6.20 Å². The molecule has 2 heterocycles. The lowest BCUT2D eigenvalue weighted by Crippen LogP contribution is -1.97. The molecule has 0 amide bonds. The fraction of sp³-hybridized carbons (Fsp3) is 0.304. The third kappa shape index (κ3) is 2.88. The Bertz CT molecular complexity index is 1050. The van der Waals surface area contributed by atoms with Crippen molar-refractivity contribution in [3.8, 4) is 11.1 Å². The number of rotatable bonds is 4. The second-order valence-corrected chi connectivity index (χ2v) is 7.49. The number of nitrogens with one attached hydrogen (secondary N) is 1. The Hall–Kier alpha value is -2.68. The largest absolute Gasteiger partial charge is 0.327 e. The van der Waals surface area contributed by atoms with Crippen LogP contribution in [0, 0.1) is 5.92 Å². The van der Waals surface area contributed by atoms with Gasteiger partial charge in [-0.1, -0.05) is 68.1 Å². The molecule has 0 spiro atoms. The number of nitrogens with zero attached hydrogens (tertiary/aromatic N) is 2. The lowest BCUT2D eigenvalue weighted by Gasteiger charge is -2.06. The second kappa shape index (κ2) is 6.56. The summed E-state index contributed by atoms with van der Waals surface area (Å²) in [7, 11) is 0. The number of fused-ring (bicyclic) bond motifs is 2. The maximum Gasteiger partial charge on any atom is 0.157 e. The Kier molecular flexibility index (Phi) is 3.93. The number of H-pyrrole nitrogens is 1. The molecule has 1 N–H and O–H groups in total. The fourth-order valence-electron chi connectivity index (χ4n) is 4.33. The molecule has 0 radical (unpaired) electrons. The highest BCUT2D eigenvalue weighted by molar-refractivity contribution is 5.97. The van der Waals surface area contributed by atoms with Gasteiger partial charge in [0.25, 0.3) is 0 Å². The number of aryl methyl sites for hydroxylation is 1. The smallest absolute Gasteiger partial charge is 0.157 e. The normalized spacial score (nSPS) is 15.2. The van der Waals surface area contributed by atoms with Crippen LogP contribution in [0.5, 0.6) is 0 Å². The molecule has 5 rings (SSSR count). The lowest BCUT2D eigenvalue weighted by molar-refractivity contribution is 0.498. The monoisotopic (exact) mass is 341 g/mol. The van der Waals surface area contributed by atoms with Crippen molar-refractivity contribution in [2.75, 3.05) is 0 Å². The predicted molar refractivity (Wildman–Crippen MR) is 107 cm³/mol. The third-order valence-corrected chi connectivity index (χ3v) is 5.75. The van der Waals surface area contributed by atoms with Crippen molar-refractivity contribution >= 4 is 21.9 Å². The highest BCUT2D eigenvalue weighted by Gasteiger charge is 2.16. The molecule has 1 aliphatic carbocycles. The Morgan fingerprint density at radius 3 is 2.77 bits per heavy atom. The number of pyridine rings is 1. The van der Waals surface area contributed by atoms with Crippen molar-refractivity contribution in [2.24, 2.45) is 5.92 Å².